The van der Waals surface area contributed by atoms with Gasteiger partial charge in [0.2, 0.25) is 0 Å². The Morgan fingerprint density at radius 3 is 2.42 bits per heavy atom. The van der Waals surface area contributed by atoms with Crippen molar-refractivity contribution in [2.75, 3.05) is 6.61 Å². The number of rotatable bonds is 7. The number of halogens is 4. The molecule has 26 heavy (non-hydrogen) atoms. The third-order valence-corrected chi connectivity index (χ3v) is 3.84. The van der Waals surface area contributed by atoms with Crippen LogP contribution in [0.3, 0.4) is 0 Å². The highest BCUT2D eigenvalue weighted by molar-refractivity contribution is 5.30. The molecule has 142 valence electrons. The largest absolute Gasteiger partial charge is 0.489 e. The fourth-order valence-corrected chi connectivity index (χ4v) is 2.16. The topological polar surface area (TPSA) is 41.5 Å². The molecule has 0 unspecified atom stereocenters. The number of alkyl halides is 3. The highest BCUT2D eigenvalue weighted by Gasteiger charge is 2.30. The van der Waals surface area contributed by atoms with Crippen LogP contribution in [0.4, 0.5) is 17.6 Å². The van der Waals surface area contributed by atoms with Gasteiger partial charge in [-0.3, -0.25) is 0 Å². The minimum atomic E-state index is -4.42. The van der Waals surface area contributed by atoms with Gasteiger partial charge < -0.3 is 15.2 Å². The lowest BCUT2D eigenvalue weighted by molar-refractivity contribution is -0.137. The second-order valence-electron chi connectivity index (χ2n) is 6.64. The molecule has 0 aliphatic heterocycles. The maximum Gasteiger partial charge on any atom is 0.416 e. The molecule has 0 fully saturated rings. The Morgan fingerprint density at radius 1 is 1.08 bits per heavy atom. The molecule has 0 saturated heterocycles. The number of hydrogen-bond acceptors (Lipinski definition) is 3. The predicted molar refractivity (Wildman–Crippen MR) is 90.2 cm³/mol. The zero-order valence-corrected chi connectivity index (χ0v) is 14.5. The lowest BCUT2D eigenvalue weighted by Gasteiger charge is -2.23. The number of aliphatic hydroxyl groups is 1. The van der Waals surface area contributed by atoms with Crippen LogP contribution in [0.15, 0.2) is 42.5 Å². The Labute approximate surface area is 149 Å². The summed E-state index contributed by atoms with van der Waals surface area (Å²) in [5.41, 5.74) is -0.545. The molecule has 2 rings (SSSR count). The average molecular weight is 371 g/mol. The van der Waals surface area contributed by atoms with Crippen LogP contribution in [0.5, 0.6) is 5.75 Å². The highest BCUT2D eigenvalue weighted by atomic mass is 19.4. The van der Waals surface area contributed by atoms with E-state index in [2.05, 4.69) is 5.32 Å². The molecule has 2 aromatic rings. The summed E-state index contributed by atoms with van der Waals surface area (Å²) in [6, 6.07) is 9.10. The van der Waals surface area contributed by atoms with Crippen molar-refractivity contribution in [2.24, 2.45) is 0 Å². The first-order chi connectivity index (χ1) is 12.1. The van der Waals surface area contributed by atoms with Crippen LogP contribution >= 0.6 is 0 Å². The van der Waals surface area contributed by atoms with Gasteiger partial charge in [-0.05, 0) is 37.6 Å². The van der Waals surface area contributed by atoms with Gasteiger partial charge in [-0.1, -0.05) is 18.2 Å². The highest BCUT2D eigenvalue weighted by Crippen LogP contribution is 2.29. The van der Waals surface area contributed by atoms with Crippen LogP contribution < -0.4 is 10.1 Å². The second kappa shape index (κ2) is 8.05. The summed E-state index contributed by atoms with van der Waals surface area (Å²) in [6.45, 7) is 3.62. The minimum absolute atomic E-state index is 0.0905. The zero-order chi connectivity index (χ0) is 19.4. The second-order valence-corrected chi connectivity index (χ2v) is 6.64. The monoisotopic (exact) mass is 371 g/mol. The number of benzene rings is 2. The van der Waals surface area contributed by atoms with Gasteiger partial charge in [-0.2, -0.15) is 13.2 Å². The standard InChI is InChI=1S/C19H21F4NO2/c1-18(2,12-25)24-10-14-6-7-16(9-17(14)20)26-11-13-4-3-5-15(8-13)19(21,22)23/h3-9,24-25H,10-12H2,1-2H3. The average Bonchev–Trinajstić information content (AvgIpc) is 2.58. The van der Waals surface area contributed by atoms with Gasteiger partial charge in [-0.15, -0.1) is 0 Å². The van der Waals surface area contributed by atoms with Crippen molar-refractivity contribution >= 4 is 0 Å². The van der Waals surface area contributed by atoms with E-state index in [0.717, 1.165) is 12.1 Å². The molecule has 0 heterocycles. The molecule has 0 aliphatic carbocycles. The van der Waals surface area contributed by atoms with Gasteiger partial charge in [0.25, 0.3) is 0 Å². The van der Waals surface area contributed by atoms with E-state index in [1.54, 1.807) is 19.9 Å². The molecule has 2 N–H and O–H groups in total. The van der Waals surface area contributed by atoms with E-state index in [9.17, 15) is 22.7 Å². The van der Waals surface area contributed by atoms with Crippen molar-refractivity contribution in [1.29, 1.82) is 0 Å². The van der Waals surface area contributed by atoms with E-state index in [4.69, 9.17) is 4.74 Å². The van der Waals surface area contributed by atoms with E-state index >= 15 is 0 Å². The molecule has 0 atom stereocenters. The van der Waals surface area contributed by atoms with Gasteiger partial charge in [0, 0.05) is 23.7 Å². The van der Waals surface area contributed by atoms with Gasteiger partial charge in [0.05, 0.1) is 12.2 Å². The van der Waals surface area contributed by atoms with Crippen molar-refractivity contribution in [3.05, 3.63) is 65.0 Å². The van der Waals surface area contributed by atoms with Gasteiger partial charge >= 0.3 is 6.18 Å². The van der Waals surface area contributed by atoms with E-state index in [1.165, 1.54) is 24.3 Å². The number of ether oxygens (including phenoxy) is 1. The SMILES string of the molecule is CC(C)(CO)NCc1ccc(OCc2cccc(C(F)(F)F)c2)cc1F. The molecule has 0 radical (unpaired) electrons. The molecule has 0 aromatic heterocycles. The Bertz CT molecular complexity index is 745. The Balaban J connectivity index is 2.00. The molecule has 0 amide bonds. The van der Waals surface area contributed by atoms with Crippen molar-refractivity contribution in [3.63, 3.8) is 0 Å². The van der Waals surface area contributed by atoms with Crippen molar-refractivity contribution in [2.45, 2.75) is 38.7 Å². The summed E-state index contributed by atoms with van der Waals surface area (Å²) in [6.07, 6.45) is -4.42. The van der Waals surface area contributed by atoms with Crippen LogP contribution in [0.2, 0.25) is 0 Å². The van der Waals surface area contributed by atoms with Gasteiger partial charge in [0.1, 0.15) is 18.2 Å². The van der Waals surface area contributed by atoms with E-state index in [0.29, 0.717) is 11.1 Å². The van der Waals surface area contributed by atoms with Crippen LogP contribution in [0, 0.1) is 5.82 Å². The summed E-state index contributed by atoms with van der Waals surface area (Å²) in [7, 11) is 0. The van der Waals surface area contributed by atoms with E-state index < -0.39 is 23.1 Å². The Morgan fingerprint density at radius 2 is 1.81 bits per heavy atom. The van der Waals surface area contributed by atoms with Crippen LogP contribution in [0.1, 0.15) is 30.5 Å². The third-order valence-electron chi connectivity index (χ3n) is 3.84. The normalized spacial score (nSPS) is 12.3. The molecule has 0 bridgehead atoms. The quantitative estimate of drug-likeness (QED) is 0.714. The summed E-state index contributed by atoms with van der Waals surface area (Å²) in [5.74, 6) is -0.266. The van der Waals surface area contributed by atoms with Crippen molar-refractivity contribution < 1.29 is 27.4 Å². The van der Waals surface area contributed by atoms with Crippen LogP contribution in [0.25, 0.3) is 0 Å². The first kappa shape index (κ1) is 20.2. The van der Waals surface area contributed by atoms with Crippen LogP contribution in [-0.4, -0.2) is 17.3 Å². The number of aliphatic hydroxyl groups excluding tert-OH is 1. The number of nitrogens with one attached hydrogen (secondary N) is 1. The lowest BCUT2D eigenvalue weighted by Crippen LogP contribution is -2.42. The fourth-order valence-electron chi connectivity index (χ4n) is 2.16. The fraction of sp³-hybridized carbons (Fsp3) is 0.368. The van der Waals surface area contributed by atoms with Crippen molar-refractivity contribution in [1.82, 2.24) is 5.32 Å². The molecule has 0 saturated carbocycles. The Hall–Kier alpha value is -2.12. The molecule has 0 aliphatic rings. The van der Waals surface area contributed by atoms with Crippen molar-refractivity contribution in [3.8, 4) is 5.75 Å². The maximum atomic E-state index is 14.1. The molecule has 2 aromatic carbocycles. The molecule has 0 spiro atoms. The molecular formula is C19H21F4NO2. The maximum absolute atomic E-state index is 14.1. The Kier molecular flexibility index (Phi) is 6.26. The van der Waals surface area contributed by atoms with Gasteiger partial charge in [0.15, 0.2) is 0 Å². The molecular weight excluding hydrogens is 350 g/mol. The lowest BCUT2D eigenvalue weighted by atomic mass is 10.1. The number of hydrogen-bond donors (Lipinski definition) is 2. The minimum Gasteiger partial charge on any atom is -0.489 e. The summed E-state index contributed by atoms with van der Waals surface area (Å²) < 4.78 is 57.6. The molecule has 7 heteroatoms. The smallest absolute Gasteiger partial charge is 0.416 e. The van der Waals surface area contributed by atoms with E-state index in [-0.39, 0.29) is 25.5 Å². The summed E-state index contributed by atoms with van der Waals surface area (Å²) >= 11 is 0. The first-order valence-electron chi connectivity index (χ1n) is 8.04. The third kappa shape index (κ3) is 5.71. The van der Waals surface area contributed by atoms with Crippen LogP contribution in [-0.2, 0) is 19.3 Å². The summed E-state index contributed by atoms with van der Waals surface area (Å²) in [4.78, 5) is 0. The van der Waals surface area contributed by atoms with Gasteiger partial charge in [-0.25, -0.2) is 4.39 Å². The summed E-state index contributed by atoms with van der Waals surface area (Å²) in [5, 5.41) is 12.2. The first-order valence-corrected chi connectivity index (χ1v) is 8.04. The molecule has 3 nitrogen and oxygen atoms in total. The zero-order valence-electron chi connectivity index (χ0n) is 14.5. The van der Waals surface area contributed by atoms with E-state index in [1.807, 2.05) is 0 Å². The predicted octanol–water partition coefficient (Wildman–Crippen LogP) is 4.28.